The molecule has 0 amide bonds. The van der Waals surface area contributed by atoms with Crippen molar-refractivity contribution in [3.63, 3.8) is 0 Å². The Balaban J connectivity index is 1.25. The molecule has 47 heavy (non-hydrogen) atoms. The van der Waals surface area contributed by atoms with Crippen molar-refractivity contribution in [2.75, 3.05) is 4.90 Å². The number of benzene rings is 7. The maximum Gasteiger partial charge on any atom is 0.182 e. The summed E-state index contributed by atoms with van der Waals surface area (Å²) in [6.07, 6.45) is 5.04. The molecule has 11 rings (SSSR count). The first-order valence-corrected chi connectivity index (χ1v) is 19.2. The fourth-order valence-corrected chi connectivity index (χ4v) is 15.9. The molecule has 0 bridgehead atoms. The van der Waals surface area contributed by atoms with Crippen LogP contribution in [0, 0.1) is 0 Å². The van der Waals surface area contributed by atoms with Gasteiger partial charge in [-0.1, -0.05) is 140 Å². The van der Waals surface area contributed by atoms with Gasteiger partial charge in [0.15, 0.2) is 8.07 Å². The van der Waals surface area contributed by atoms with Gasteiger partial charge in [-0.3, -0.25) is 0 Å². The average molecular weight is 616 g/mol. The molecule has 0 aromatic heterocycles. The van der Waals surface area contributed by atoms with Gasteiger partial charge in [0.1, 0.15) is 0 Å². The van der Waals surface area contributed by atoms with Gasteiger partial charge in [-0.15, -0.1) is 0 Å². The molecule has 1 nitrogen and oxygen atoms in total. The quantitative estimate of drug-likeness (QED) is 0.167. The van der Waals surface area contributed by atoms with E-state index in [9.17, 15) is 0 Å². The lowest BCUT2D eigenvalue weighted by Gasteiger charge is -2.44. The molecule has 3 heterocycles. The van der Waals surface area contributed by atoms with Crippen LogP contribution in [0.1, 0.15) is 36.8 Å². The van der Waals surface area contributed by atoms with Gasteiger partial charge >= 0.3 is 0 Å². The first-order valence-electron chi connectivity index (χ1n) is 17.2. The van der Waals surface area contributed by atoms with Crippen LogP contribution in [0.2, 0.25) is 0 Å². The maximum absolute atomic E-state index is 2.61. The lowest BCUT2D eigenvalue weighted by molar-refractivity contribution is 0.530. The third-order valence-corrected chi connectivity index (χ3v) is 16.9. The zero-order valence-electron chi connectivity index (χ0n) is 26.2. The zero-order chi connectivity index (χ0) is 30.7. The molecule has 2 spiro atoms. The van der Waals surface area contributed by atoms with Crippen molar-refractivity contribution < 1.29 is 0 Å². The predicted octanol–water partition coefficient (Wildman–Crippen LogP) is 8.82. The van der Waals surface area contributed by atoms with Gasteiger partial charge in [-0.2, -0.15) is 0 Å². The van der Waals surface area contributed by atoms with Crippen LogP contribution >= 0.6 is 0 Å². The molecular weight excluding hydrogens is 583 g/mol. The summed E-state index contributed by atoms with van der Waals surface area (Å²) < 4.78 is 0. The predicted molar refractivity (Wildman–Crippen MR) is 199 cm³/mol. The SMILES string of the molecule is c1ccc2c(c1)-c1ccccc1[Si]21c2cc(N3c4ccccc4C4(CCCC4)c4ccccc43)ccc2-c2c1ccc1ccccc21. The highest BCUT2D eigenvalue weighted by Gasteiger charge is 2.54. The first kappa shape index (κ1) is 25.9. The second-order valence-corrected chi connectivity index (χ2v) is 17.6. The summed E-state index contributed by atoms with van der Waals surface area (Å²) in [4.78, 5) is 2.59. The third-order valence-electron chi connectivity index (χ3n) is 12.0. The Hall–Kier alpha value is -5.18. The number of hydrogen-bond acceptors (Lipinski definition) is 1. The molecule has 0 saturated heterocycles. The van der Waals surface area contributed by atoms with E-state index in [1.54, 1.807) is 0 Å². The van der Waals surface area contributed by atoms with Gasteiger partial charge in [0, 0.05) is 11.1 Å². The second-order valence-electron chi connectivity index (χ2n) is 13.9. The topological polar surface area (TPSA) is 3.24 Å². The molecule has 0 unspecified atom stereocenters. The number of fused-ring (bicyclic) bond motifs is 16. The van der Waals surface area contributed by atoms with E-state index < -0.39 is 8.07 Å². The average Bonchev–Trinajstić information content (AvgIpc) is 3.82. The Morgan fingerprint density at radius 3 is 1.77 bits per heavy atom. The van der Waals surface area contributed by atoms with E-state index in [1.165, 1.54) is 108 Å². The summed E-state index contributed by atoms with van der Waals surface area (Å²) in [6.45, 7) is 0. The van der Waals surface area contributed by atoms with Gasteiger partial charge in [0.2, 0.25) is 0 Å². The molecule has 1 aliphatic carbocycles. The van der Waals surface area contributed by atoms with E-state index in [2.05, 4.69) is 157 Å². The van der Waals surface area contributed by atoms with E-state index in [0.717, 1.165) is 0 Å². The first-order chi connectivity index (χ1) is 23.3. The van der Waals surface area contributed by atoms with Crippen LogP contribution in [0.5, 0.6) is 0 Å². The second kappa shape index (κ2) is 9.21. The molecule has 0 N–H and O–H groups in total. The summed E-state index contributed by atoms with van der Waals surface area (Å²) in [7, 11) is -2.61. The van der Waals surface area contributed by atoms with Crippen molar-refractivity contribution in [3.8, 4) is 22.3 Å². The number of nitrogens with zero attached hydrogens (tertiary/aromatic N) is 1. The lowest BCUT2D eigenvalue weighted by Crippen LogP contribution is -2.70. The van der Waals surface area contributed by atoms with Crippen LogP contribution in [0.15, 0.2) is 152 Å². The summed E-state index contributed by atoms with van der Waals surface area (Å²) in [5.74, 6) is 0. The zero-order valence-corrected chi connectivity index (χ0v) is 27.2. The lowest BCUT2D eigenvalue weighted by atomic mass is 9.69. The van der Waals surface area contributed by atoms with Crippen LogP contribution in [0.3, 0.4) is 0 Å². The van der Waals surface area contributed by atoms with E-state index in [-0.39, 0.29) is 5.41 Å². The molecular formula is C45H33NSi. The molecule has 1 fully saturated rings. The number of hydrogen-bond donors (Lipinski definition) is 0. The van der Waals surface area contributed by atoms with Crippen molar-refractivity contribution in [1.29, 1.82) is 0 Å². The van der Waals surface area contributed by atoms with Crippen molar-refractivity contribution in [3.05, 3.63) is 163 Å². The Kier molecular flexibility index (Phi) is 5.09. The Morgan fingerprint density at radius 1 is 0.468 bits per heavy atom. The molecule has 2 heteroatoms. The Bertz CT molecular complexity index is 2350. The van der Waals surface area contributed by atoms with Crippen LogP contribution in [0.4, 0.5) is 17.1 Å². The third kappa shape index (κ3) is 3.10. The fraction of sp³-hybridized carbons (Fsp3) is 0.111. The summed E-state index contributed by atoms with van der Waals surface area (Å²) in [6, 6.07) is 58.4. The van der Waals surface area contributed by atoms with Crippen LogP contribution in [0.25, 0.3) is 33.0 Å². The molecule has 222 valence electrons. The van der Waals surface area contributed by atoms with Crippen molar-refractivity contribution in [1.82, 2.24) is 0 Å². The highest BCUT2D eigenvalue weighted by Crippen LogP contribution is 2.58. The minimum atomic E-state index is -2.61. The maximum atomic E-state index is 2.61. The molecule has 0 atom stereocenters. The number of anilines is 3. The smallest absolute Gasteiger partial charge is 0.182 e. The minimum absolute atomic E-state index is 0.106. The van der Waals surface area contributed by atoms with E-state index in [0.29, 0.717) is 0 Å². The van der Waals surface area contributed by atoms with Crippen LogP contribution in [-0.2, 0) is 5.41 Å². The van der Waals surface area contributed by atoms with Gasteiger partial charge in [0.25, 0.3) is 0 Å². The minimum Gasteiger partial charge on any atom is -0.310 e. The molecule has 4 aliphatic rings. The number of para-hydroxylation sites is 2. The summed E-state index contributed by atoms with van der Waals surface area (Å²) in [5.41, 5.74) is 12.7. The summed E-state index contributed by atoms with van der Waals surface area (Å²) in [5, 5.41) is 8.78. The molecule has 7 aromatic carbocycles. The number of rotatable bonds is 1. The monoisotopic (exact) mass is 615 g/mol. The van der Waals surface area contributed by atoms with E-state index in [4.69, 9.17) is 0 Å². The van der Waals surface area contributed by atoms with Gasteiger partial charge in [0.05, 0.1) is 11.4 Å². The molecule has 1 saturated carbocycles. The summed E-state index contributed by atoms with van der Waals surface area (Å²) >= 11 is 0. The van der Waals surface area contributed by atoms with Crippen molar-refractivity contribution in [2.45, 2.75) is 31.1 Å². The van der Waals surface area contributed by atoms with Crippen LogP contribution < -0.4 is 25.6 Å². The molecule has 3 aliphatic heterocycles. The Labute approximate surface area is 276 Å². The fourth-order valence-electron chi connectivity index (χ4n) is 10.3. The van der Waals surface area contributed by atoms with Gasteiger partial charge in [-0.05, 0) is 102 Å². The van der Waals surface area contributed by atoms with Gasteiger partial charge in [-0.25, -0.2) is 0 Å². The molecule has 7 aromatic rings. The van der Waals surface area contributed by atoms with Crippen molar-refractivity contribution >= 4 is 56.7 Å². The molecule has 0 radical (unpaired) electrons. The van der Waals surface area contributed by atoms with E-state index >= 15 is 0 Å². The van der Waals surface area contributed by atoms with Gasteiger partial charge < -0.3 is 4.90 Å². The van der Waals surface area contributed by atoms with E-state index in [1.807, 2.05) is 0 Å². The van der Waals surface area contributed by atoms with Crippen LogP contribution in [-0.4, -0.2) is 8.07 Å². The Morgan fingerprint density at radius 2 is 1.06 bits per heavy atom. The standard InChI is InChI=1S/C45H33NSi/c1-2-14-32-30(13-1)23-26-42-44(32)35-25-24-31(29-43(35)47(42)40-21-9-3-15-33(40)34-16-4-10-22-41(34)47)46-38-19-7-5-17-36(38)45(27-11-12-28-45)37-18-6-8-20-39(37)46/h1-10,13-26,29H,11-12,27-28H2. The highest BCUT2D eigenvalue weighted by molar-refractivity contribution is 7.24. The largest absolute Gasteiger partial charge is 0.310 e. The van der Waals surface area contributed by atoms with Crippen molar-refractivity contribution in [2.24, 2.45) is 0 Å². The normalized spacial score (nSPS) is 16.9. The highest BCUT2D eigenvalue weighted by atomic mass is 28.3.